The first-order valence-corrected chi connectivity index (χ1v) is 9.81. The second kappa shape index (κ2) is 9.66. The highest BCUT2D eigenvalue weighted by atomic mass is 16.6. The summed E-state index contributed by atoms with van der Waals surface area (Å²) in [7, 11) is 0. The van der Waals surface area contributed by atoms with Gasteiger partial charge in [0, 0.05) is 17.8 Å². The van der Waals surface area contributed by atoms with Crippen LogP contribution in [-0.4, -0.2) is 51.1 Å². The molecule has 0 saturated heterocycles. The van der Waals surface area contributed by atoms with Gasteiger partial charge in [-0.1, -0.05) is 12.8 Å². The first kappa shape index (κ1) is 22.6. The van der Waals surface area contributed by atoms with Crippen LogP contribution < -0.4 is 10.6 Å². The number of nitrogens with one attached hydrogen (secondary N) is 2. The molecule has 0 heterocycles. The molecule has 6 atom stereocenters. The summed E-state index contributed by atoms with van der Waals surface area (Å²) in [6.45, 7) is 1.48. The van der Waals surface area contributed by atoms with Crippen LogP contribution in [0.4, 0.5) is 0 Å². The summed E-state index contributed by atoms with van der Waals surface area (Å²) in [5.41, 5.74) is 0. The maximum Gasteiger partial charge on any atom is 0.307 e. The molecule has 2 fully saturated rings. The Labute approximate surface area is 167 Å². The van der Waals surface area contributed by atoms with Crippen LogP contribution in [0.5, 0.6) is 0 Å². The van der Waals surface area contributed by atoms with Crippen LogP contribution in [0.1, 0.15) is 51.9 Å². The summed E-state index contributed by atoms with van der Waals surface area (Å²) in [5.74, 6) is -6.93. The topological polar surface area (TPSA) is 176 Å². The summed E-state index contributed by atoms with van der Waals surface area (Å²) in [6.07, 6.45) is 1.42. The monoisotopic (exact) mass is 413 g/mol. The van der Waals surface area contributed by atoms with Gasteiger partial charge in [-0.3, -0.25) is 29.3 Å². The summed E-state index contributed by atoms with van der Waals surface area (Å²) >= 11 is 0. The summed E-state index contributed by atoms with van der Waals surface area (Å²) < 4.78 is 0. The van der Waals surface area contributed by atoms with Crippen molar-refractivity contribution in [2.24, 2.45) is 23.7 Å². The normalized spacial score (nSPS) is 30.6. The molecule has 2 aliphatic rings. The number of carboxylic acids is 2. The maximum absolute atomic E-state index is 12.6. The lowest BCUT2D eigenvalue weighted by Gasteiger charge is -2.31. The third kappa shape index (κ3) is 5.64. The zero-order valence-electron chi connectivity index (χ0n) is 16.2. The van der Waals surface area contributed by atoms with E-state index < -0.39 is 64.6 Å². The Kier molecular flexibility index (Phi) is 7.52. The Morgan fingerprint density at radius 3 is 1.86 bits per heavy atom. The highest BCUT2D eigenvalue weighted by Gasteiger charge is 2.44. The molecule has 4 N–H and O–H groups in total. The molecule has 162 valence electrons. The number of carbonyl (C=O) groups is 4. The molecule has 0 bridgehead atoms. The Balaban J connectivity index is 1.98. The molecule has 0 aromatic carbocycles. The number of nitro groups is 1. The minimum Gasteiger partial charge on any atom is -0.481 e. The zero-order chi connectivity index (χ0) is 21.7. The first-order chi connectivity index (χ1) is 13.6. The fourth-order valence-electron chi connectivity index (χ4n) is 4.34. The first-order valence-electron chi connectivity index (χ1n) is 9.81. The van der Waals surface area contributed by atoms with Crippen molar-refractivity contribution in [3.8, 4) is 0 Å². The third-order valence-corrected chi connectivity index (χ3v) is 5.91. The smallest absolute Gasteiger partial charge is 0.307 e. The van der Waals surface area contributed by atoms with Crippen LogP contribution in [0.15, 0.2) is 0 Å². The van der Waals surface area contributed by atoms with Crippen LogP contribution in [0, 0.1) is 33.8 Å². The van der Waals surface area contributed by atoms with E-state index in [4.69, 9.17) is 0 Å². The lowest BCUT2D eigenvalue weighted by Crippen LogP contribution is -2.53. The van der Waals surface area contributed by atoms with Crippen molar-refractivity contribution in [2.75, 3.05) is 0 Å². The molecule has 0 spiro atoms. The Morgan fingerprint density at radius 2 is 1.34 bits per heavy atom. The van der Waals surface area contributed by atoms with Crippen molar-refractivity contribution in [1.82, 2.24) is 10.6 Å². The molecule has 6 unspecified atom stereocenters. The highest BCUT2D eigenvalue weighted by molar-refractivity contribution is 5.87. The highest BCUT2D eigenvalue weighted by Crippen LogP contribution is 2.32. The standard InChI is InChI=1S/C18H27N3O8/c1-9(19-15(22)11-4-2-3-5-12(11)17(24)25)20-16(23)14-8-10(21(28)29)6-7-13(14)18(26)27/h9-14H,2-8H2,1H3,(H,19,22)(H,20,23)(H,24,25)(H,26,27). The SMILES string of the molecule is CC(NC(=O)C1CCCCC1C(=O)O)NC(=O)C1CC([N+](=O)[O-])CCC1C(=O)O. The predicted molar refractivity (Wildman–Crippen MR) is 98.1 cm³/mol. The molecule has 0 aromatic rings. The van der Waals surface area contributed by atoms with Crippen molar-refractivity contribution < 1.29 is 34.3 Å². The molecule has 0 aliphatic heterocycles. The summed E-state index contributed by atoms with van der Waals surface area (Å²) in [6, 6.07) is -0.982. The Morgan fingerprint density at radius 1 is 0.862 bits per heavy atom. The Hall–Kier alpha value is -2.72. The number of carbonyl (C=O) groups excluding carboxylic acids is 2. The molecular formula is C18H27N3O8. The fourth-order valence-corrected chi connectivity index (χ4v) is 4.34. The van der Waals surface area contributed by atoms with E-state index in [1.165, 1.54) is 6.92 Å². The van der Waals surface area contributed by atoms with Crippen molar-refractivity contribution in [1.29, 1.82) is 0 Å². The average molecular weight is 413 g/mol. The number of nitrogens with zero attached hydrogens (tertiary/aromatic N) is 1. The number of hydrogen-bond donors (Lipinski definition) is 4. The molecular weight excluding hydrogens is 386 g/mol. The minimum absolute atomic E-state index is 0.0299. The van der Waals surface area contributed by atoms with E-state index in [1.807, 2.05) is 0 Å². The van der Waals surface area contributed by atoms with E-state index in [2.05, 4.69) is 10.6 Å². The second-order valence-corrected chi connectivity index (χ2v) is 7.88. The quantitative estimate of drug-likeness (QED) is 0.266. The fraction of sp³-hybridized carbons (Fsp3) is 0.778. The van der Waals surface area contributed by atoms with E-state index in [-0.39, 0.29) is 19.3 Å². The molecule has 2 aliphatic carbocycles. The van der Waals surface area contributed by atoms with Gasteiger partial charge in [0.25, 0.3) is 0 Å². The molecule has 29 heavy (non-hydrogen) atoms. The minimum atomic E-state index is -1.19. The molecule has 2 amide bonds. The lowest BCUT2D eigenvalue weighted by atomic mass is 9.76. The number of aliphatic carboxylic acids is 2. The maximum atomic E-state index is 12.6. The largest absolute Gasteiger partial charge is 0.481 e. The third-order valence-electron chi connectivity index (χ3n) is 5.91. The van der Waals surface area contributed by atoms with Gasteiger partial charge in [0.1, 0.15) is 0 Å². The van der Waals surface area contributed by atoms with Crippen molar-refractivity contribution >= 4 is 23.8 Å². The van der Waals surface area contributed by atoms with Crippen LogP contribution in [0.2, 0.25) is 0 Å². The van der Waals surface area contributed by atoms with Crippen LogP contribution in [0.25, 0.3) is 0 Å². The molecule has 2 rings (SSSR count). The predicted octanol–water partition coefficient (Wildman–Crippen LogP) is 0.602. The second-order valence-electron chi connectivity index (χ2n) is 7.88. The summed E-state index contributed by atoms with van der Waals surface area (Å²) in [4.78, 5) is 58.4. The lowest BCUT2D eigenvalue weighted by molar-refractivity contribution is -0.528. The van der Waals surface area contributed by atoms with Gasteiger partial charge in [-0.05, 0) is 26.2 Å². The van der Waals surface area contributed by atoms with Gasteiger partial charge in [0.15, 0.2) is 0 Å². The van der Waals surface area contributed by atoms with E-state index in [0.29, 0.717) is 12.8 Å². The van der Waals surface area contributed by atoms with Gasteiger partial charge in [-0.2, -0.15) is 0 Å². The Bertz CT molecular complexity index is 682. The molecule has 0 radical (unpaired) electrons. The molecule has 2 saturated carbocycles. The summed E-state index contributed by atoms with van der Waals surface area (Å²) in [5, 5.41) is 34.8. The number of carboxylic acid groups (broad SMARTS) is 2. The molecule has 11 heteroatoms. The van der Waals surface area contributed by atoms with E-state index in [1.54, 1.807) is 0 Å². The molecule has 0 aromatic heterocycles. The number of amides is 2. The van der Waals surface area contributed by atoms with Gasteiger partial charge in [-0.25, -0.2) is 0 Å². The van der Waals surface area contributed by atoms with E-state index in [9.17, 15) is 39.5 Å². The van der Waals surface area contributed by atoms with Crippen molar-refractivity contribution in [2.45, 2.75) is 64.1 Å². The van der Waals surface area contributed by atoms with E-state index >= 15 is 0 Å². The van der Waals surface area contributed by atoms with Gasteiger partial charge in [-0.15, -0.1) is 0 Å². The number of rotatable bonds is 7. The van der Waals surface area contributed by atoms with Crippen LogP contribution in [0.3, 0.4) is 0 Å². The molecule has 11 nitrogen and oxygen atoms in total. The average Bonchev–Trinajstić information content (AvgIpc) is 2.66. The van der Waals surface area contributed by atoms with Gasteiger partial charge in [0.2, 0.25) is 17.9 Å². The van der Waals surface area contributed by atoms with Crippen LogP contribution >= 0.6 is 0 Å². The van der Waals surface area contributed by atoms with Gasteiger partial charge < -0.3 is 20.8 Å². The van der Waals surface area contributed by atoms with Gasteiger partial charge >= 0.3 is 11.9 Å². The van der Waals surface area contributed by atoms with Crippen molar-refractivity contribution in [3.05, 3.63) is 10.1 Å². The zero-order valence-corrected chi connectivity index (χ0v) is 16.2. The van der Waals surface area contributed by atoms with Crippen LogP contribution in [-0.2, 0) is 19.2 Å². The van der Waals surface area contributed by atoms with Crippen molar-refractivity contribution in [3.63, 3.8) is 0 Å². The number of hydrogen-bond acceptors (Lipinski definition) is 6. The van der Waals surface area contributed by atoms with E-state index in [0.717, 1.165) is 12.8 Å². The van der Waals surface area contributed by atoms with Gasteiger partial charge in [0.05, 0.1) is 29.8 Å².